The number of pyridine rings is 2. The Hall–Kier alpha value is -4.23. The van der Waals surface area contributed by atoms with E-state index in [2.05, 4.69) is 37.2 Å². The summed E-state index contributed by atoms with van der Waals surface area (Å²) in [4.78, 5) is 44.8. The molecule has 14 heteroatoms. The molecule has 0 saturated carbocycles. The quantitative estimate of drug-likeness (QED) is 0.290. The number of amides is 1. The van der Waals surface area contributed by atoms with Gasteiger partial charge >= 0.3 is 0 Å². The summed E-state index contributed by atoms with van der Waals surface area (Å²) in [5, 5.41) is 3.79. The topological polar surface area (TPSA) is 142 Å². The SMILES string of the molecule is Cc1ccc(N2C[C@H]3C[C@@H]2CN3c2nc3c([C@@H](C)Nc4ccc(Cl)nc4C(=O)NS(C)(=O)=O)cc(C)cc3c(=O)n2C)nc1. The smallest absolute Gasteiger partial charge is 0.285 e. The molecule has 0 spiro atoms. The number of anilines is 3. The molecule has 0 radical (unpaired) electrons. The maximum atomic E-state index is 13.7. The highest BCUT2D eigenvalue weighted by molar-refractivity contribution is 7.89. The molecular weight excluding hydrogens is 604 g/mol. The number of hydrogen-bond acceptors (Lipinski definition) is 10. The lowest BCUT2D eigenvalue weighted by Gasteiger charge is -2.36. The average molecular weight is 637 g/mol. The molecule has 1 aromatic carbocycles. The Morgan fingerprint density at radius 2 is 1.77 bits per heavy atom. The van der Waals surface area contributed by atoms with Crippen molar-refractivity contribution >= 4 is 55.9 Å². The number of nitrogens with zero attached hydrogens (tertiary/aromatic N) is 6. The number of carbonyl (C=O) groups excluding carboxylic acids is 1. The van der Waals surface area contributed by atoms with Gasteiger partial charge in [-0.3, -0.25) is 14.2 Å². The van der Waals surface area contributed by atoms with Crippen LogP contribution in [0.3, 0.4) is 0 Å². The van der Waals surface area contributed by atoms with E-state index in [9.17, 15) is 18.0 Å². The lowest BCUT2D eigenvalue weighted by atomic mass is 10.0. The normalized spacial score (nSPS) is 18.6. The summed E-state index contributed by atoms with van der Waals surface area (Å²) in [5.41, 5.74) is 3.25. The van der Waals surface area contributed by atoms with Crippen LogP contribution in [0.1, 0.15) is 46.6 Å². The molecule has 2 aliphatic heterocycles. The predicted molar refractivity (Wildman–Crippen MR) is 171 cm³/mol. The van der Waals surface area contributed by atoms with Crippen LogP contribution in [-0.4, -0.2) is 65.3 Å². The van der Waals surface area contributed by atoms with Crippen LogP contribution in [-0.2, 0) is 17.1 Å². The third-order valence-electron chi connectivity index (χ3n) is 8.21. The molecule has 2 bridgehead atoms. The van der Waals surface area contributed by atoms with E-state index >= 15 is 0 Å². The zero-order chi connectivity index (χ0) is 31.5. The van der Waals surface area contributed by atoms with Gasteiger partial charge in [0.1, 0.15) is 11.0 Å². The van der Waals surface area contributed by atoms with Crippen molar-refractivity contribution in [3.8, 4) is 0 Å². The van der Waals surface area contributed by atoms with Gasteiger partial charge in [-0.2, -0.15) is 0 Å². The molecule has 2 saturated heterocycles. The summed E-state index contributed by atoms with van der Waals surface area (Å²) in [6, 6.07) is 11.0. The number of sulfonamides is 1. The van der Waals surface area contributed by atoms with Gasteiger partial charge in [0.25, 0.3) is 11.5 Å². The minimum absolute atomic E-state index is 0.0364. The number of aromatic nitrogens is 4. The first-order chi connectivity index (χ1) is 20.8. The van der Waals surface area contributed by atoms with E-state index in [4.69, 9.17) is 16.6 Å². The Morgan fingerprint density at radius 1 is 1.05 bits per heavy atom. The Morgan fingerprint density at radius 3 is 2.43 bits per heavy atom. The van der Waals surface area contributed by atoms with E-state index < -0.39 is 22.0 Å². The number of piperazine rings is 1. The van der Waals surface area contributed by atoms with Gasteiger partial charge in [-0.1, -0.05) is 23.7 Å². The fourth-order valence-corrected chi connectivity index (χ4v) is 6.78. The van der Waals surface area contributed by atoms with Crippen molar-refractivity contribution in [3.05, 3.63) is 80.5 Å². The summed E-state index contributed by atoms with van der Waals surface area (Å²) in [6.45, 7) is 7.31. The molecule has 5 heterocycles. The lowest BCUT2D eigenvalue weighted by molar-refractivity contribution is 0.0977. The van der Waals surface area contributed by atoms with Crippen LogP contribution in [0.4, 0.5) is 17.5 Å². The van der Waals surface area contributed by atoms with Gasteiger partial charge in [0.05, 0.1) is 41.0 Å². The minimum Gasteiger partial charge on any atom is -0.377 e. The fourth-order valence-electron chi connectivity index (χ4n) is 6.20. The first kappa shape index (κ1) is 29.8. The van der Waals surface area contributed by atoms with E-state index in [0.29, 0.717) is 16.9 Å². The number of hydrogen-bond donors (Lipinski definition) is 2. The second-order valence-corrected chi connectivity index (χ2v) is 13.8. The highest BCUT2D eigenvalue weighted by atomic mass is 35.5. The van der Waals surface area contributed by atoms with Gasteiger partial charge < -0.3 is 15.1 Å². The third kappa shape index (κ3) is 5.57. The largest absolute Gasteiger partial charge is 0.377 e. The number of rotatable bonds is 7. The van der Waals surface area contributed by atoms with Gasteiger partial charge in [0, 0.05) is 31.9 Å². The second kappa shape index (κ2) is 11.0. The monoisotopic (exact) mass is 636 g/mol. The Balaban J connectivity index is 1.35. The van der Waals surface area contributed by atoms with E-state index in [1.54, 1.807) is 17.7 Å². The summed E-state index contributed by atoms with van der Waals surface area (Å²) in [6.07, 6.45) is 3.72. The number of aryl methyl sites for hydroxylation is 2. The summed E-state index contributed by atoms with van der Waals surface area (Å²) < 4.78 is 27.0. The molecule has 12 nitrogen and oxygen atoms in total. The second-order valence-electron chi connectivity index (χ2n) is 11.7. The summed E-state index contributed by atoms with van der Waals surface area (Å²) in [7, 11) is -2.08. The summed E-state index contributed by atoms with van der Waals surface area (Å²) >= 11 is 6.05. The number of nitrogens with one attached hydrogen (secondary N) is 2. The van der Waals surface area contributed by atoms with Crippen LogP contribution >= 0.6 is 11.6 Å². The van der Waals surface area contributed by atoms with Gasteiger partial charge in [-0.15, -0.1) is 0 Å². The molecule has 230 valence electrons. The highest BCUT2D eigenvalue weighted by Gasteiger charge is 2.45. The van der Waals surface area contributed by atoms with Crippen LogP contribution in [0, 0.1) is 13.8 Å². The first-order valence-electron chi connectivity index (χ1n) is 14.2. The van der Waals surface area contributed by atoms with Crippen LogP contribution in [0.25, 0.3) is 10.9 Å². The van der Waals surface area contributed by atoms with E-state index in [1.807, 2.05) is 43.8 Å². The number of carbonyl (C=O) groups is 1. The third-order valence-corrected chi connectivity index (χ3v) is 8.98. The van der Waals surface area contributed by atoms with Gasteiger partial charge in [-0.25, -0.2) is 28.1 Å². The summed E-state index contributed by atoms with van der Waals surface area (Å²) in [5.74, 6) is 0.652. The van der Waals surface area contributed by atoms with Crippen molar-refractivity contribution in [1.82, 2.24) is 24.2 Å². The maximum absolute atomic E-state index is 13.7. The van der Waals surface area contributed by atoms with Gasteiger partial charge in [-0.05, 0) is 62.6 Å². The molecule has 2 aliphatic rings. The van der Waals surface area contributed by atoms with Crippen LogP contribution in [0.2, 0.25) is 5.15 Å². The fraction of sp³-hybridized carbons (Fsp3) is 0.367. The highest BCUT2D eigenvalue weighted by Crippen LogP contribution is 2.37. The van der Waals surface area contributed by atoms with Crippen molar-refractivity contribution < 1.29 is 13.2 Å². The zero-order valence-electron chi connectivity index (χ0n) is 25.0. The van der Waals surface area contributed by atoms with Crippen molar-refractivity contribution in [2.45, 2.75) is 45.3 Å². The van der Waals surface area contributed by atoms with E-state index in [0.717, 1.165) is 48.3 Å². The molecule has 44 heavy (non-hydrogen) atoms. The minimum atomic E-state index is -3.83. The Labute approximate surface area is 260 Å². The standard InChI is InChI=1S/C30H33ClN8O4S/c1-16-6-9-25(32-13-16)38-14-20-12-19(38)15-39(20)30-35-26-21(10-17(2)11-22(26)29(41)37(30)4)18(3)33-23-7-8-24(31)34-27(23)28(40)36-44(5,42)43/h6-11,13,18-20,33H,12,14-15H2,1-5H3,(H,36,40)/t18-,19-,20-/m1/s1. The predicted octanol–water partition coefficient (Wildman–Crippen LogP) is 3.32. The zero-order valence-corrected chi connectivity index (χ0v) is 26.6. The molecule has 3 atom stereocenters. The molecule has 0 aliphatic carbocycles. The number of halogens is 1. The Kier molecular flexibility index (Phi) is 7.49. The van der Waals surface area contributed by atoms with Gasteiger partial charge in [0.15, 0.2) is 5.69 Å². The van der Waals surface area contributed by atoms with Crippen molar-refractivity contribution in [2.75, 3.05) is 34.5 Å². The lowest BCUT2D eigenvalue weighted by Crippen LogP contribution is -2.48. The molecular formula is C30H33ClN8O4S. The van der Waals surface area contributed by atoms with Crippen molar-refractivity contribution in [1.29, 1.82) is 0 Å². The maximum Gasteiger partial charge on any atom is 0.285 e. The molecule has 1 amide bonds. The van der Waals surface area contributed by atoms with Crippen molar-refractivity contribution in [3.63, 3.8) is 0 Å². The van der Waals surface area contributed by atoms with Crippen LogP contribution in [0.15, 0.2) is 47.4 Å². The van der Waals surface area contributed by atoms with Crippen molar-refractivity contribution in [2.24, 2.45) is 7.05 Å². The van der Waals surface area contributed by atoms with Gasteiger partial charge in [0.2, 0.25) is 16.0 Å². The molecule has 0 unspecified atom stereocenters. The molecule has 6 rings (SSSR count). The molecule has 4 aromatic rings. The first-order valence-corrected chi connectivity index (χ1v) is 16.5. The molecule has 2 N–H and O–H groups in total. The average Bonchev–Trinajstić information content (AvgIpc) is 3.56. The molecule has 2 fully saturated rings. The number of fused-ring (bicyclic) bond motifs is 3. The number of benzene rings is 1. The van der Waals surface area contributed by atoms with Crippen LogP contribution in [0.5, 0.6) is 0 Å². The molecule has 3 aromatic heterocycles. The van der Waals surface area contributed by atoms with E-state index in [-0.39, 0.29) is 34.2 Å². The van der Waals surface area contributed by atoms with E-state index in [1.165, 1.54) is 6.07 Å². The Bertz CT molecular complexity index is 1960. The van der Waals surface area contributed by atoms with Crippen LogP contribution < -0.4 is 25.4 Å².